The largest absolute Gasteiger partial charge is 0.497 e. The van der Waals surface area contributed by atoms with E-state index in [0.29, 0.717) is 18.7 Å². The van der Waals surface area contributed by atoms with Crippen LogP contribution in [0.2, 0.25) is 0 Å². The molecule has 1 aliphatic heterocycles. The summed E-state index contributed by atoms with van der Waals surface area (Å²) in [5, 5.41) is 9.50. The van der Waals surface area contributed by atoms with Crippen molar-refractivity contribution in [3.05, 3.63) is 29.3 Å². The smallest absolute Gasteiger partial charge is 0.254 e. The van der Waals surface area contributed by atoms with Gasteiger partial charge < -0.3 is 19.6 Å². The molecule has 2 atom stereocenters. The van der Waals surface area contributed by atoms with Crippen LogP contribution in [-0.4, -0.2) is 67.8 Å². The number of rotatable bonds is 4. The highest BCUT2D eigenvalue weighted by Crippen LogP contribution is 2.24. The fourth-order valence-corrected chi connectivity index (χ4v) is 2.96. The van der Waals surface area contributed by atoms with Crippen LogP contribution >= 0.6 is 0 Å². The van der Waals surface area contributed by atoms with Crippen LogP contribution < -0.4 is 4.74 Å². The molecule has 0 bridgehead atoms. The molecule has 5 heteroatoms. The fourth-order valence-electron chi connectivity index (χ4n) is 2.96. The number of amides is 1. The molecular weight excluding hydrogens is 268 g/mol. The first-order valence-corrected chi connectivity index (χ1v) is 7.19. The molecular formula is C16H24N2O3. The molecule has 1 amide bonds. The van der Waals surface area contributed by atoms with Gasteiger partial charge in [-0.05, 0) is 44.8 Å². The molecule has 0 saturated carbocycles. The molecule has 1 aromatic carbocycles. The zero-order chi connectivity index (χ0) is 15.6. The Kier molecular flexibility index (Phi) is 4.85. The molecule has 0 unspecified atom stereocenters. The maximum atomic E-state index is 12.7. The summed E-state index contributed by atoms with van der Waals surface area (Å²) in [6, 6.07) is 5.70. The first kappa shape index (κ1) is 15.8. The molecule has 5 nitrogen and oxygen atoms in total. The Morgan fingerprint density at radius 2 is 2.14 bits per heavy atom. The highest BCUT2D eigenvalue weighted by Gasteiger charge is 2.36. The van der Waals surface area contributed by atoms with Gasteiger partial charge in [0.05, 0.1) is 7.11 Å². The van der Waals surface area contributed by atoms with Gasteiger partial charge in [-0.1, -0.05) is 0 Å². The van der Waals surface area contributed by atoms with Crippen molar-refractivity contribution >= 4 is 5.91 Å². The summed E-state index contributed by atoms with van der Waals surface area (Å²) in [5.41, 5.74) is 1.61. The molecule has 1 heterocycles. The number of aryl methyl sites for hydroxylation is 1. The van der Waals surface area contributed by atoms with Crippen LogP contribution in [0.4, 0.5) is 0 Å². The summed E-state index contributed by atoms with van der Waals surface area (Å²) in [4.78, 5) is 16.6. The summed E-state index contributed by atoms with van der Waals surface area (Å²) in [7, 11) is 5.59. The number of likely N-dealkylation sites (tertiary alicyclic amines) is 1. The second-order valence-corrected chi connectivity index (χ2v) is 5.86. The van der Waals surface area contributed by atoms with E-state index in [1.165, 1.54) is 0 Å². The first-order valence-electron chi connectivity index (χ1n) is 7.19. The highest BCUT2D eigenvalue weighted by molar-refractivity contribution is 5.96. The van der Waals surface area contributed by atoms with Crippen LogP contribution in [0.15, 0.2) is 18.2 Å². The number of aliphatic hydroxyl groups excluding tert-OH is 1. The second kappa shape index (κ2) is 6.45. The maximum absolute atomic E-state index is 12.7. The number of ether oxygens (including phenoxy) is 1. The summed E-state index contributed by atoms with van der Waals surface area (Å²) in [5.74, 6) is 0.894. The molecule has 1 fully saturated rings. The monoisotopic (exact) mass is 292 g/mol. The van der Waals surface area contributed by atoms with Gasteiger partial charge in [-0.15, -0.1) is 0 Å². The average molecular weight is 292 g/mol. The lowest BCUT2D eigenvalue weighted by Gasteiger charge is -2.23. The minimum atomic E-state index is 0.0259. The Hall–Kier alpha value is -1.59. The van der Waals surface area contributed by atoms with Gasteiger partial charge in [0.2, 0.25) is 0 Å². The number of carbonyl (C=O) groups is 1. The van der Waals surface area contributed by atoms with Crippen molar-refractivity contribution < 1.29 is 14.6 Å². The fraction of sp³-hybridized carbons (Fsp3) is 0.562. The van der Waals surface area contributed by atoms with Gasteiger partial charge in [-0.3, -0.25) is 4.79 Å². The Labute approximate surface area is 126 Å². The summed E-state index contributed by atoms with van der Waals surface area (Å²) in [6.07, 6.45) is 0. The Morgan fingerprint density at radius 3 is 2.62 bits per heavy atom. The second-order valence-electron chi connectivity index (χ2n) is 5.86. The molecule has 21 heavy (non-hydrogen) atoms. The van der Waals surface area contributed by atoms with E-state index in [-0.39, 0.29) is 24.5 Å². The van der Waals surface area contributed by atoms with E-state index in [4.69, 9.17) is 4.74 Å². The van der Waals surface area contributed by atoms with Gasteiger partial charge >= 0.3 is 0 Å². The highest BCUT2D eigenvalue weighted by atomic mass is 16.5. The third-order valence-electron chi connectivity index (χ3n) is 4.26. The van der Waals surface area contributed by atoms with Crippen molar-refractivity contribution in [3.8, 4) is 5.75 Å². The minimum absolute atomic E-state index is 0.0259. The number of nitrogens with zero attached hydrogens (tertiary/aromatic N) is 2. The molecule has 2 rings (SSSR count). The number of benzene rings is 1. The SMILES string of the molecule is COc1ccc(C(=O)N2C[C@@H](CO)[C@H](N(C)C)C2)c(C)c1. The molecule has 1 aliphatic rings. The lowest BCUT2D eigenvalue weighted by molar-refractivity contribution is 0.0778. The number of hydrogen-bond acceptors (Lipinski definition) is 4. The van der Waals surface area contributed by atoms with Crippen molar-refractivity contribution in [2.45, 2.75) is 13.0 Å². The van der Waals surface area contributed by atoms with E-state index < -0.39 is 0 Å². The van der Waals surface area contributed by atoms with Gasteiger partial charge in [0, 0.05) is 37.2 Å². The standard InChI is InChI=1S/C16H24N2O3/c1-11-7-13(21-4)5-6-14(11)16(20)18-8-12(10-19)15(9-18)17(2)3/h5-7,12,15,19H,8-10H2,1-4H3/t12-,15+/m0/s1. The van der Waals surface area contributed by atoms with E-state index in [2.05, 4.69) is 4.90 Å². The minimum Gasteiger partial charge on any atom is -0.497 e. The van der Waals surface area contributed by atoms with Crippen LogP contribution in [-0.2, 0) is 0 Å². The Bertz CT molecular complexity index is 516. The number of likely N-dealkylation sites (N-methyl/N-ethyl adjacent to an activating group) is 1. The van der Waals surface area contributed by atoms with Crippen molar-refractivity contribution in [2.24, 2.45) is 5.92 Å². The van der Waals surface area contributed by atoms with Crippen molar-refractivity contribution in [2.75, 3.05) is 40.9 Å². The van der Waals surface area contributed by atoms with Gasteiger partial charge in [-0.25, -0.2) is 0 Å². The Balaban J connectivity index is 2.17. The molecule has 0 radical (unpaired) electrons. The van der Waals surface area contributed by atoms with E-state index >= 15 is 0 Å². The Morgan fingerprint density at radius 1 is 1.43 bits per heavy atom. The summed E-state index contributed by atoms with van der Waals surface area (Å²) >= 11 is 0. The number of methoxy groups -OCH3 is 1. The first-order chi connectivity index (χ1) is 9.97. The lowest BCUT2D eigenvalue weighted by Crippen LogP contribution is -2.37. The predicted molar refractivity (Wildman–Crippen MR) is 81.7 cm³/mol. The van der Waals surface area contributed by atoms with E-state index in [9.17, 15) is 9.90 Å². The topological polar surface area (TPSA) is 53.0 Å². The molecule has 0 spiro atoms. The van der Waals surface area contributed by atoms with Crippen LogP contribution in [0.25, 0.3) is 0 Å². The molecule has 1 N–H and O–H groups in total. The van der Waals surface area contributed by atoms with Gasteiger partial charge in [0.25, 0.3) is 5.91 Å². The average Bonchev–Trinajstić information content (AvgIpc) is 2.90. The van der Waals surface area contributed by atoms with Crippen LogP contribution in [0.5, 0.6) is 5.75 Å². The number of hydrogen-bond donors (Lipinski definition) is 1. The van der Waals surface area contributed by atoms with Crippen molar-refractivity contribution in [3.63, 3.8) is 0 Å². The number of aliphatic hydroxyl groups is 1. The lowest BCUT2D eigenvalue weighted by atomic mass is 10.0. The molecule has 0 aliphatic carbocycles. The summed E-state index contributed by atoms with van der Waals surface area (Å²) < 4.78 is 5.17. The van der Waals surface area contributed by atoms with Crippen LogP contribution in [0.1, 0.15) is 15.9 Å². The van der Waals surface area contributed by atoms with Gasteiger partial charge in [-0.2, -0.15) is 0 Å². The third kappa shape index (κ3) is 3.19. The molecule has 116 valence electrons. The van der Waals surface area contributed by atoms with Gasteiger partial charge in [0.1, 0.15) is 5.75 Å². The maximum Gasteiger partial charge on any atom is 0.254 e. The predicted octanol–water partition coefficient (Wildman–Crippen LogP) is 0.998. The quantitative estimate of drug-likeness (QED) is 0.899. The van der Waals surface area contributed by atoms with E-state index in [1.54, 1.807) is 7.11 Å². The van der Waals surface area contributed by atoms with Crippen LogP contribution in [0, 0.1) is 12.8 Å². The number of carbonyl (C=O) groups excluding carboxylic acids is 1. The summed E-state index contributed by atoms with van der Waals surface area (Å²) in [6.45, 7) is 3.28. The van der Waals surface area contributed by atoms with Crippen LogP contribution in [0.3, 0.4) is 0 Å². The normalized spacial score (nSPS) is 21.9. The van der Waals surface area contributed by atoms with E-state index in [0.717, 1.165) is 11.3 Å². The van der Waals surface area contributed by atoms with E-state index in [1.807, 2.05) is 44.1 Å². The zero-order valence-corrected chi connectivity index (χ0v) is 13.2. The third-order valence-corrected chi connectivity index (χ3v) is 4.26. The van der Waals surface area contributed by atoms with Crippen molar-refractivity contribution in [1.82, 2.24) is 9.80 Å². The molecule has 1 aromatic rings. The zero-order valence-electron chi connectivity index (χ0n) is 13.2. The molecule has 1 saturated heterocycles. The van der Waals surface area contributed by atoms with Gasteiger partial charge in [0.15, 0.2) is 0 Å². The molecule has 0 aromatic heterocycles. The van der Waals surface area contributed by atoms with Crippen molar-refractivity contribution in [1.29, 1.82) is 0 Å².